The number of carbonyl (C=O) groups is 1. The summed E-state index contributed by atoms with van der Waals surface area (Å²) >= 11 is 0. The predicted molar refractivity (Wildman–Crippen MR) is 121 cm³/mol. The number of aromatic nitrogens is 2. The quantitative estimate of drug-likeness (QED) is 0.491. The number of imidazole rings is 1. The van der Waals surface area contributed by atoms with Crippen LogP contribution in [0.1, 0.15) is 35.8 Å². The molecule has 0 bridgehead atoms. The van der Waals surface area contributed by atoms with Gasteiger partial charge in [-0.05, 0) is 42.2 Å². The Morgan fingerprint density at radius 2 is 1.77 bits per heavy atom. The van der Waals surface area contributed by atoms with Crippen LogP contribution < -0.4 is 4.74 Å². The average molecular weight is 412 g/mol. The van der Waals surface area contributed by atoms with E-state index in [1.165, 1.54) is 5.56 Å². The van der Waals surface area contributed by atoms with Gasteiger partial charge in [-0.15, -0.1) is 0 Å². The Morgan fingerprint density at radius 3 is 2.65 bits per heavy atom. The van der Waals surface area contributed by atoms with Gasteiger partial charge in [0.25, 0.3) is 5.91 Å². The fourth-order valence-electron chi connectivity index (χ4n) is 4.31. The molecule has 2 heterocycles. The fraction of sp³-hybridized carbons (Fsp3) is 0.231. The van der Waals surface area contributed by atoms with Crippen molar-refractivity contribution in [3.05, 3.63) is 95.8 Å². The van der Waals surface area contributed by atoms with E-state index in [1.807, 2.05) is 65.6 Å². The maximum absolute atomic E-state index is 13.0. The molecule has 31 heavy (non-hydrogen) atoms. The monoisotopic (exact) mass is 411 g/mol. The summed E-state index contributed by atoms with van der Waals surface area (Å²) in [5.74, 6) is 1.62. The zero-order chi connectivity index (χ0) is 21.0. The Balaban J connectivity index is 1.28. The molecule has 1 saturated heterocycles. The number of benzene rings is 3. The molecule has 1 N–H and O–H groups in total. The summed E-state index contributed by atoms with van der Waals surface area (Å²) in [6.45, 7) is 0.762. The third kappa shape index (κ3) is 4.17. The number of nitrogens with zero attached hydrogens (tertiary/aromatic N) is 2. The average Bonchev–Trinajstić information content (AvgIpc) is 3.46. The third-order valence-corrected chi connectivity index (χ3v) is 5.86. The second-order valence-corrected chi connectivity index (χ2v) is 7.94. The van der Waals surface area contributed by atoms with Gasteiger partial charge in [-0.3, -0.25) is 4.79 Å². The number of carbonyl (C=O) groups excluding carboxylic acids is 1. The van der Waals surface area contributed by atoms with E-state index in [-0.39, 0.29) is 18.6 Å². The van der Waals surface area contributed by atoms with Crippen LogP contribution in [0.2, 0.25) is 0 Å². The molecule has 1 aliphatic heterocycles. The Hall–Kier alpha value is -3.60. The lowest BCUT2D eigenvalue weighted by Crippen LogP contribution is -2.35. The summed E-state index contributed by atoms with van der Waals surface area (Å²) < 4.78 is 6.00. The Kier molecular flexibility index (Phi) is 5.40. The highest BCUT2D eigenvalue weighted by Gasteiger charge is 2.32. The van der Waals surface area contributed by atoms with E-state index in [1.54, 1.807) is 0 Å². The first kappa shape index (κ1) is 19.4. The zero-order valence-corrected chi connectivity index (χ0v) is 17.3. The van der Waals surface area contributed by atoms with E-state index in [4.69, 9.17) is 9.72 Å². The van der Waals surface area contributed by atoms with Crippen LogP contribution in [0.25, 0.3) is 11.0 Å². The predicted octanol–water partition coefficient (Wildman–Crippen LogP) is 4.90. The van der Waals surface area contributed by atoms with Gasteiger partial charge in [-0.1, -0.05) is 60.7 Å². The molecule has 5 nitrogen and oxygen atoms in total. The Labute approximate surface area is 181 Å². The second kappa shape index (κ2) is 8.64. The number of nitrogens with one attached hydrogen (secondary N) is 1. The molecule has 0 spiro atoms. The SMILES string of the molecule is O=C(COc1ccccc1Cc1ccccc1)N1CCCC1c1nc2ccccc2[nH]1. The fourth-order valence-corrected chi connectivity index (χ4v) is 4.31. The highest BCUT2D eigenvalue weighted by atomic mass is 16.5. The van der Waals surface area contributed by atoms with Crippen molar-refractivity contribution in [3.8, 4) is 5.75 Å². The van der Waals surface area contributed by atoms with Crippen LogP contribution in [-0.4, -0.2) is 33.9 Å². The van der Waals surface area contributed by atoms with E-state index in [0.717, 1.165) is 54.0 Å². The van der Waals surface area contributed by atoms with Gasteiger partial charge in [0, 0.05) is 13.0 Å². The molecule has 0 saturated carbocycles. The molecule has 1 aliphatic rings. The van der Waals surface area contributed by atoms with Gasteiger partial charge in [0.05, 0.1) is 17.1 Å². The highest BCUT2D eigenvalue weighted by Crippen LogP contribution is 2.31. The molecule has 156 valence electrons. The Bertz CT molecular complexity index is 1150. The molecular weight excluding hydrogens is 386 g/mol. The van der Waals surface area contributed by atoms with Crippen molar-refractivity contribution in [2.45, 2.75) is 25.3 Å². The third-order valence-electron chi connectivity index (χ3n) is 5.86. The number of hydrogen-bond donors (Lipinski definition) is 1. The normalized spacial score (nSPS) is 16.0. The van der Waals surface area contributed by atoms with Crippen molar-refractivity contribution in [3.63, 3.8) is 0 Å². The number of H-pyrrole nitrogens is 1. The molecule has 5 heteroatoms. The molecule has 1 unspecified atom stereocenters. The van der Waals surface area contributed by atoms with Crippen molar-refractivity contribution >= 4 is 16.9 Å². The van der Waals surface area contributed by atoms with Crippen LogP contribution in [0.5, 0.6) is 5.75 Å². The van der Waals surface area contributed by atoms with E-state index in [2.05, 4.69) is 23.2 Å². The molecule has 0 radical (unpaired) electrons. The van der Waals surface area contributed by atoms with Gasteiger partial charge < -0.3 is 14.6 Å². The number of rotatable bonds is 6. The van der Waals surface area contributed by atoms with Crippen LogP contribution in [0.3, 0.4) is 0 Å². The summed E-state index contributed by atoms with van der Waals surface area (Å²) in [5, 5.41) is 0. The standard InChI is InChI=1S/C26H25N3O2/c30-25(18-31-24-15-7-4-11-20(24)17-19-9-2-1-3-10-19)29-16-8-14-23(29)26-27-21-12-5-6-13-22(21)28-26/h1-7,9-13,15,23H,8,14,16-18H2,(H,27,28). The number of hydrogen-bond acceptors (Lipinski definition) is 3. The molecule has 1 aromatic heterocycles. The molecule has 4 aromatic rings. The van der Waals surface area contributed by atoms with Gasteiger partial charge >= 0.3 is 0 Å². The zero-order valence-electron chi connectivity index (χ0n) is 17.3. The minimum absolute atomic E-state index is 0.00234. The first-order valence-electron chi connectivity index (χ1n) is 10.8. The van der Waals surface area contributed by atoms with Crippen molar-refractivity contribution < 1.29 is 9.53 Å². The van der Waals surface area contributed by atoms with E-state index >= 15 is 0 Å². The first-order valence-corrected chi connectivity index (χ1v) is 10.8. The van der Waals surface area contributed by atoms with Crippen LogP contribution >= 0.6 is 0 Å². The largest absolute Gasteiger partial charge is 0.483 e. The summed E-state index contributed by atoms with van der Waals surface area (Å²) in [5.41, 5.74) is 4.23. The number of para-hydroxylation sites is 3. The van der Waals surface area contributed by atoms with Crippen molar-refractivity contribution in [1.29, 1.82) is 0 Å². The molecule has 0 aliphatic carbocycles. The molecule has 3 aromatic carbocycles. The number of ether oxygens (including phenoxy) is 1. The van der Waals surface area contributed by atoms with Crippen LogP contribution in [-0.2, 0) is 11.2 Å². The van der Waals surface area contributed by atoms with E-state index in [0.29, 0.717) is 0 Å². The minimum Gasteiger partial charge on any atom is -0.483 e. The van der Waals surface area contributed by atoms with Gasteiger partial charge in [0.1, 0.15) is 11.6 Å². The lowest BCUT2D eigenvalue weighted by Gasteiger charge is -2.23. The Morgan fingerprint density at radius 1 is 1.00 bits per heavy atom. The maximum atomic E-state index is 13.0. The summed E-state index contributed by atoms with van der Waals surface area (Å²) in [6.07, 6.45) is 2.66. The highest BCUT2D eigenvalue weighted by molar-refractivity contribution is 5.79. The van der Waals surface area contributed by atoms with Gasteiger partial charge in [-0.2, -0.15) is 0 Å². The maximum Gasteiger partial charge on any atom is 0.261 e. The summed E-state index contributed by atoms with van der Waals surface area (Å²) in [7, 11) is 0. The van der Waals surface area contributed by atoms with Crippen LogP contribution in [0, 0.1) is 0 Å². The van der Waals surface area contributed by atoms with E-state index in [9.17, 15) is 4.79 Å². The first-order chi connectivity index (χ1) is 15.3. The van der Waals surface area contributed by atoms with Crippen molar-refractivity contribution in [2.75, 3.05) is 13.2 Å². The minimum atomic E-state index is -0.0249. The number of aromatic amines is 1. The van der Waals surface area contributed by atoms with Crippen molar-refractivity contribution in [1.82, 2.24) is 14.9 Å². The number of fused-ring (bicyclic) bond motifs is 1. The van der Waals surface area contributed by atoms with Crippen LogP contribution in [0.4, 0.5) is 0 Å². The molecular formula is C26H25N3O2. The topological polar surface area (TPSA) is 58.2 Å². The van der Waals surface area contributed by atoms with Crippen LogP contribution in [0.15, 0.2) is 78.9 Å². The number of likely N-dealkylation sites (tertiary alicyclic amines) is 1. The molecule has 1 fully saturated rings. The van der Waals surface area contributed by atoms with Crippen molar-refractivity contribution in [2.24, 2.45) is 0 Å². The summed E-state index contributed by atoms with van der Waals surface area (Å²) in [6, 6.07) is 26.2. The van der Waals surface area contributed by atoms with Gasteiger partial charge in [0.15, 0.2) is 6.61 Å². The van der Waals surface area contributed by atoms with Gasteiger partial charge in [-0.25, -0.2) is 4.98 Å². The smallest absolute Gasteiger partial charge is 0.261 e. The number of amides is 1. The molecule has 1 amide bonds. The lowest BCUT2D eigenvalue weighted by molar-refractivity contribution is -0.134. The van der Waals surface area contributed by atoms with E-state index < -0.39 is 0 Å². The molecule has 5 rings (SSSR count). The molecule has 1 atom stereocenters. The summed E-state index contributed by atoms with van der Waals surface area (Å²) in [4.78, 5) is 23.0. The lowest BCUT2D eigenvalue weighted by atomic mass is 10.0. The second-order valence-electron chi connectivity index (χ2n) is 7.94. The van der Waals surface area contributed by atoms with Gasteiger partial charge in [0.2, 0.25) is 0 Å².